The smallest absolute Gasteiger partial charge is 0.309 e. The third kappa shape index (κ3) is 2.87. The van der Waals surface area contributed by atoms with Crippen molar-refractivity contribution in [1.82, 2.24) is 0 Å². The molecular weight excluding hydrogens is 168 g/mol. The number of esters is 1. The highest BCUT2D eigenvalue weighted by atomic mass is 16.5. The standard InChI is InChI=1S/C10H12O3/c1-13-10(12)6-8-2-4-9(7-11)5-3-8/h2-5,11H,6-7H2,1H3. The fourth-order valence-electron chi connectivity index (χ4n) is 1.00. The second-order valence-corrected chi connectivity index (χ2v) is 2.73. The van der Waals surface area contributed by atoms with E-state index in [-0.39, 0.29) is 19.0 Å². The topological polar surface area (TPSA) is 46.5 Å². The molecule has 0 fully saturated rings. The van der Waals surface area contributed by atoms with Gasteiger partial charge in [0.25, 0.3) is 0 Å². The van der Waals surface area contributed by atoms with Gasteiger partial charge in [0.2, 0.25) is 0 Å². The van der Waals surface area contributed by atoms with Gasteiger partial charge in [0.1, 0.15) is 0 Å². The highest BCUT2D eigenvalue weighted by molar-refractivity contribution is 5.72. The fraction of sp³-hybridized carbons (Fsp3) is 0.300. The van der Waals surface area contributed by atoms with Gasteiger partial charge >= 0.3 is 5.97 Å². The second kappa shape index (κ2) is 4.62. The van der Waals surface area contributed by atoms with Crippen LogP contribution in [-0.4, -0.2) is 18.2 Å². The number of benzene rings is 1. The Hall–Kier alpha value is -1.35. The van der Waals surface area contributed by atoms with Gasteiger partial charge in [0.15, 0.2) is 0 Å². The van der Waals surface area contributed by atoms with Gasteiger partial charge in [-0.1, -0.05) is 24.3 Å². The molecule has 1 aromatic carbocycles. The highest BCUT2D eigenvalue weighted by Gasteiger charge is 2.01. The second-order valence-electron chi connectivity index (χ2n) is 2.73. The summed E-state index contributed by atoms with van der Waals surface area (Å²) >= 11 is 0. The zero-order valence-corrected chi connectivity index (χ0v) is 7.49. The number of methoxy groups -OCH3 is 1. The van der Waals surface area contributed by atoms with Crippen LogP contribution in [0.2, 0.25) is 0 Å². The first kappa shape index (κ1) is 9.74. The van der Waals surface area contributed by atoms with Crippen LogP contribution in [0.1, 0.15) is 11.1 Å². The van der Waals surface area contributed by atoms with Gasteiger partial charge < -0.3 is 9.84 Å². The van der Waals surface area contributed by atoms with Gasteiger partial charge in [-0.3, -0.25) is 4.79 Å². The van der Waals surface area contributed by atoms with Crippen molar-refractivity contribution in [1.29, 1.82) is 0 Å². The van der Waals surface area contributed by atoms with Crippen LogP contribution in [0.4, 0.5) is 0 Å². The van der Waals surface area contributed by atoms with Gasteiger partial charge in [-0.15, -0.1) is 0 Å². The molecule has 0 amide bonds. The minimum absolute atomic E-state index is 0.0263. The molecule has 3 heteroatoms. The minimum Gasteiger partial charge on any atom is -0.469 e. The van der Waals surface area contributed by atoms with Crippen LogP contribution >= 0.6 is 0 Å². The van der Waals surface area contributed by atoms with Gasteiger partial charge in [-0.05, 0) is 11.1 Å². The number of aliphatic hydroxyl groups is 1. The zero-order valence-electron chi connectivity index (χ0n) is 7.49. The van der Waals surface area contributed by atoms with E-state index in [4.69, 9.17) is 5.11 Å². The Morgan fingerprint density at radius 2 is 1.85 bits per heavy atom. The average Bonchev–Trinajstić information content (AvgIpc) is 2.19. The van der Waals surface area contributed by atoms with Crippen molar-refractivity contribution in [3.63, 3.8) is 0 Å². The van der Waals surface area contributed by atoms with E-state index in [2.05, 4.69) is 4.74 Å². The lowest BCUT2D eigenvalue weighted by atomic mass is 10.1. The van der Waals surface area contributed by atoms with Crippen molar-refractivity contribution in [2.24, 2.45) is 0 Å². The van der Waals surface area contributed by atoms with Gasteiger partial charge in [0, 0.05) is 0 Å². The van der Waals surface area contributed by atoms with Crippen molar-refractivity contribution in [2.45, 2.75) is 13.0 Å². The molecule has 0 saturated carbocycles. The first-order valence-corrected chi connectivity index (χ1v) is 4.01. The number of carbonyl (C=O) groups is 1. The Morgan fingerprint density at radius 1 is 1.31 bits per heavy atom. The molecule has 0 unspecified atom stereocenters. The molecule has 3 nitrogen and oxygen atoms in total. The van der Waals surface area contributed by atoms with E-state index >= 15 is 0 Å². The number of carbonyl (C=O) groups excluding carboxylic acids is 1. The van der Waals surface area contributed by atoms with Crippen LogP contribution < -0.4 is 0 Å². The Balaban J connectivity index is 2.64. The van der Waals surface area contributed by atoms with Crippen LogP contribution in [0.5, 0.6) is 0 Å². The Bertz CT molecular complexity index is 277. The number of rotatable bonds is 3. The zero-order chi connectivity index (χ0) is 9.68. The summed E-state index contributed by atoms with van der Waals surface area (Å²) in [5, 5.41) is 8.76. The molecule has 0 aliphatic rings. The summed E-state index contributed by atoms with van der Waals surface area (Å²) in [7, 11) is 1.37. The van der Waals surface area contributed by atoms with Crippen molar-refractivity contribution in [3.8, 4) is 0 Å². The summed E-state index contributed by atoms with van der Waals surface area (Å²) in [6.45, 7) is 0.0263. The Labute approximate surface area is 77.0 Å². The molecule has 0 aliphatic carbocycles. The highest BCUT2D eigenvalue weighted by Crippen LogP contribution is 2.05. The van der Waals surface area contributed by atoms with Crippen LogP contribution in [-0.2, 0) is 22.6 Å². The summed E-state index contributed by atoms with van der Waals surface area (Å²) in [5.74, 6) is -0.253. The maximum absolute atomic E-state index is 10.9. The maximum Gasteiger partial charge on any atom is 0.309 e. The number of hydrogen-bond acceptors (Lipinski definition) is 3. The average molecular weight is 180 g/mol. The van der Waals surface area contributed by atoms with E-state index in [1.165, 1.54) is 7.11 Å². The number of hydrogen-bond donors (Lipinski definition) is 1. The minimum atomic E-state index is -0.253. The number of ether oxygens (including phenoxy) is 1. The van der Waals surface area contributed by atoms with Crippen LogP contribution in [0.25, 0.3) is 0 Å². The molecule has 1 aromatic rings. The molecule has 0 heterocycles. The molecule has 70 valence electrons. The summed E-state index contributed by atoms with van der Waals surface area (Å²) in [4.78, 5) is 10.9. The molecule has 0 spiro atoms. The molecule has 0 radical (unpaired) electrons. The Kier molecular flexibility index (Phi) is 3.46. The van der Waals surface area contributed by atoms with E-state index in [0.717, 1.165) is 11.1 Å². The van der Waals surface area contributed by atoms with Crippen LogP contribution in [0.3, 0.4) is 0 Å². The van der Waals surface area contributed by atoms with Gasteiger partial charge in [-0.25, -0.2) is 0 Å². The van der Waals surface area contributed by atoms with Gasteiger partial charge in [0.05, 0.1) is 20.1 Å². The largest absolute Gasteiger partial charge is 0.469 e. The van der Waals surface area contributed by atoms with E-state index < -0.39 is 0 Å². The lowest BCUT2D eigenvalue weighted by Crippen LogP contribution is -2.04. The predicted molar refractivity (Wildman–Crippen MR) is 48.1 cm³/mol. The number of aliphatic hydroxyl groups excluding tert-OH is 1. The molecule has 1 N–H and O–H groups in total. The first-order chi connectivity index (χ1) is 6.26. The molecule has 0 atom stereocenters. The molecular formula is C10H12O3. The third-order valence-corrected chi connectivity index (χ3v) is 1.78. The van der Waals surface area contributed by atoms with E-state index in [9.17, 15) is 4.79 Å². The summed E-state index contributed by atoms with van der Waals surface area (Å²) in [5.41, 5.74) is 1.73. The molecule has 1 rings (SSSR count). The van der Waals surface area contributed by atoms with Crippen LogP contribution in [0.15, 0.2) is 24.3 Å². The lowest BCUT2D eigenvalue weighted by molar-refractivity contribution is -0.139. The van der Waals surface area contributed by atoms with E-state index in [1.54, 1.807) is 12.1 Å². The van der Waals surface area contributed by atoms with E-state index in [1.807, 2.05) is 12.1 Å². The lowest BCUT2D eigenvalue weighted by Gasteiger charge is -2.00. The quantitative estimate of drug-likeness (QED) is 0.703. The normalized spacial score (nSPS) is 9.69. The fourth-order valence-corrected chi connectivity index (χ4v) is 1.00. The molecule has 13 heavy (non-hydrogen) atoms. The molecule has 0 aromatic heterocycles. The summed E-state index contributed by atoms with van der Waals surface area (Å²) in [6.07, 6.45) is 0.280. The predicted octanol–water partition coefficient (Wildman–Crippen LogP) is 0.894. The SMILES string of the molecule is COC(=O)Cc1ccc(CO)cc1. The molecule has 0 aliphatic heterocycles. The van der Waals surface area contributed by atoms with Crippen LogP contribution in [0, 0.1) is 0 Å². The Morgan fingerprint density at radius 3 is 2.31 bits per heavy atom. The van der Waals surface area contributed by atoms with Crippen molar-refractivity contribution < 1.29 is 14.6 Å². The van der Waals surface area contributed by atoms with E-state index in [0.29, 0.717) is 0 Å². The van der Waals surface area contributed by atoms with Crippen molar-refractivity contribution >= 4 is 5.97 Å². The molecule has 0 saturated heterocycles. The third-order valence-electron chi connectivity index (χ3n) is 1.78. The first-order valence-electron chi connectivity index (χ1n) is 4.01. The van der Waals surface area contributed by atoms with Crippen molar-refractivity contribution in [3.05, 3.63) is 35.4 Å². The monoisotopic (exact) mass is 180 g/mol. The van der Waals surface area contributed by atoms with Gasteiger partial charge in [-0.2, -0.15) is 0 Å². The molecule has 0 bridgehead atoms. The van der Waals surface area contributed by atoms with Crippen molar-refractivity contribution in [2.75, 3.05) is 7.11 Å². The summed E-state index contributed by atoms with van der Waals surface area (Å²) in [6, 6.07) is 7.20. The summed E-state index contributed by atoms with van der Waals surface area (Å²) < 4.78 is 4.52. The maximum atomic E-state index is 10.9.